The summed E-state index contributed by atoms with van der Waals surface area (Å²) >= 11 is 0. The second kappa shape index (κ2) is 6.70. The summed E-state index contributed by atoms with van der Waals surface area (Å²) in [6, 6.07) is 0. The lowest BCUT2D eigenvalue weighted by Gasteiger charge is -2.29. The van der Waals surface area contributed by atoms with Gasteiger partial charge in [-0.05, 0) is 19.3 Å². The fourth-order valence-electron chi connectivity index (χ4n) is 1.98. The average molecular weight is 211 g/mol. The zero-order valence-electron chi connectivity index (χ0n) is 10.4. The molecule has 88 valence electrons. The molecular weight excluding hydrogens is 186 g/mol. The molecule has 3 heteroatoms. The molecule has 0 saturated heterocycles. The first-order chi connectivity index (χ1) is 7.33. The van der Waals surface area contributed by atoms with Gasteiger partial charge in [-0.1, -0.05) is 33.6 Å². The van der Waals surface area contributed by atoms with Crippen LogP contribution in [0.4, 0.5) is 0 Å². The Bertz CT molecular complexity index is 173. The Balaban J connectivity index is 2.39. The molecule has 0 aliphatic carbocycles. The lowest BCUT2D eigenvalue weighted by atomic mass is 10.2. The van der Waals surface area contributed by atoms with Crippen molar-refractivity contribution in [3.8, 4) is 0 Å². The Labute approximate surface area is 94.1 Å². The van der Waals surface area contributed by atoms with Crippen LogP contribution in [0.3, 0.4) is 0 Å². The predicted octanol–water partition coefficient (Wildman–Crippen LogP) is 2.88. The zero-order valence-corrected chi connectivity index (χ0v) is 10.4. The van der Waals surface area contributed by atoms with Gasteiger partial charge in [-0.15, -0.1) is 0 Å². The van der Waals surface area contributed by atoms with Crippen LogP contribution in [0.25, 0.3) is 0 Å². The number of unbranched alkanes of at least 4 members (excludes halogenated alkanes) is 2. The Hall–Kier alpha value is -0.730. The molecule has 1 aliphatic heterocycles. The van der Waals surface area contributed by atoms with Crippen molar-refractivity contribution in [2.24, 2.45) is 5.10 Å². The Morgan fingerprint density at radius 3 is 2.33 bits per heavy atom. The molecule has 0 N–H and O–H groups in total. The predicted molar refractivity (Wildman–Crippen MR) is 65.8 cm³/mol. The number of hydrogen-bond acceptors (Lipinski definition) is 3. The lowest BCUT2D eigenvalue weighted by molar-refractivity contribution is 0.124. The van der Waals surface area contributed by atoms with Crippen LogP contribution in [-0.4, -0.2) is 35.5 Å². The molecule has 0 radical (unpaired) electrons. The van der Waals surface area contributed by atoms with Crippen molar-refractivity contribution in [2.45, 2.75) is 59.0 Å². The first kappa shape index (κ1) is 12.3. The number of hydrazone groups is 1. The largest absolute Gasteiger partial charge is 0.339 e. The minimum Gasteiger partial charge on any atom is -0.339 e. The van der Waals surface area contributed by atoms with E-state index in [1.54, 1.807) is 0 Å². The highest BCUT2D eigenvalue weighted by Crippen LogP contribution is 2.16. The van der Waals surface area contributed by atoms with Crippen molar-refractivity contribution in [3.63, 3.8) is 0 Å². The highest BCUT2D eigenvalue weighted by atomic mass is 15.6. The highest BCUT2D eigenvalue weighted by Gasteiger charge is 2.24. The van der Waals surface area contributed by atoms with E-state index in [0.717, 1.165) is 19.5 Å². The van der Waals surface area contributed by atoms with Gasteiger partial charge in [0.05, 0.1) is 0 Å². The summed E-state index contributed by atoms with van der Waals surface area (Å²) < 4.78 is 0. The van der Waals surface area contributed by atoms with E-state index >= 15 is 0 Å². The van der Waals surface area contributed by atoms with Crippen molar-refractivity contribution < 1.29 is 0 Å². The van der Waals surface area contributed by atoms with Crippen LogP contribution in [0.5, 0.6) is 0 Å². The lowest BCUT2D eigenvalue weighted by Crippen LogP contribution is -2.39. The summed E-state index contributed by atoms with van der Waals surface area (Å²) in [5, 5.41) is 6.74. The molecule has 3 nitrogen and oxygen atoms in total. The Morgan fingerprint density at radius 1 is 1.07 bits per heavy atom. The first-order valence-corrected chi connectivity index (χ1v) is 6.39. The van der Waals surface area contributed by atoms with E-state index in [9.17, 15) is 0 Å². The molecule has 0 fully saturated rings. The third-order valence-electron chi connectivity index (χ3n) is 2.95. The van der Waals surface area contributed by atoms with Crippen LogP contribution >= 0.6 is 0 Å². The molecule has 1 rings (SSSR count). The summed E-state index contributed by atoms with van der Waals surface area (Å²) in [5.74, 6) is 0. The van der Waals surface area contributed by atoms with E-state index in [4.69, 9.17) is 0 Å². The average Bonchev–Trinajstić information content (AvgIpc) is 2.65. The molecule has 1 aliphatic rings. The molecule has 1 heterocycles. The maximum Gasteiger partial charge on any atom is 0.118 e. The van der Waals surface area contributed by atoms with Gasteiger partial charge in [0.1, 0.15) is 12.5 Å². The van der Waals surface area contributed by atoms with Crippen LogP contribution in [0.2, 0.25) is 0 Å². The van der Waals surface area contributed by atoms with Crippen molar-refractivity contribution in [2.75, 3.05) is 13.1 Å². The van der Waals surface area contributed by atoms with Crippen molar-refractivity contribution in [1.29, 1.82) is 0 Å². The molecule has 15 heavy (non-hydrogen) atoms. The summed E-state index contributed by atoms with van der Waals surface area (Å²) in [6.07, 6.45) is 8.72. The van der Waals surface area contributed by atoms with E-state index < -0.39 is 0 Å². The molecule has 1 unspecified atom stereocenters. The summed E-state index contributed by atoms with van der Waals surface area (Å²) in [5.41, 5.74) is 0. The van der Waals surface area contributed by atoms with E-state index in [-0.39, 0.29) is 0 Å². The number of rotatable bonds is 7. The van der Waals surface area contributed by atoms with Gasteiger partial charge in [0.25, 0.3) is 0 Å². The molecule has 0 amide bonds. The monoisotopic (exact) mass is 211 g/mol. The minimum absolute atomic E-state index is 0.517. The third-order valence-corrected chi connectivity index (χ3v) is 2.95. The first-order valence-electron chi connectivity index (χ1n) is 6.39. The number of hydrogen-bond donors (Lipinski definition) is 0. The highest BCUT2D eigenvalue weighted by molar-refractivity contribution is 5.57. The maximum absolute atomic E-state index is 4.49. The van der Waals surface area contributed by atoms with Crippen molar-refractivity contribution in [1.82, 2.24) is 9.91 Å². The van der Waals surface area contributed by atoms with Crippen LogP contribution < -0.4 is 0 Å². The third kappa shape index (κ3) is 3.40. The summed E-state index contributed by atoms with van der Waals surface area (Å²) in [4.78, 5) is 2.39. The second-order valence-corrected chi connectivity index (χ2v) is 4.23. The van der Waals surface area contributed by atoms with Gasteiger partial charge in [-0.3, -0.25) is 5.01 Å². The quantitative estimate of drug-likeness (QED) is 0.645. The van der Waals surface area contributed by atoms with Gasteiger partial charge in [-0.2, -0.15) is 5.10 Å². The number of nitrogens with zero attached hydrogens (tertiary/aromatic N) is 3. The SMILES string of the molecule is CCCCN1C=NN(CCCC)C1CC. The standard InChI is InChI=1S/C12H25N3/c1-4-7-9-14-11-13-15(10-8-5-2)12(14)6-3/h11-12H,4-10H2,1-3H3. The van der Waals surface area contributed by atoms with E-state index in [1.807, 2.05) is 6.34 Å². The van der Waals surface area contributed by atoms with Crippen LogP contribution in [0.15, 0.2) is 5.10 Å². The van der Waals surface area contributed by atoms with Gasteiger partial charge < -0.3 is 4.90 Å². The van der Waals surface area contributed by atoms with Gasteiger partial charge in [0.15, 0.2) is 0 Å². The van der Waals surface area contributed by atoms with Crippen LogP contribution in [-0.2, 0) is 0 Å². The van der Waals surface area contributed by atoms with Crippen LogP contribution in [0.1, 0.15) is 52.9 Å². The van der Waals surface area contributed by atoms with E-state index in [1.165, 1.54) is 25.7 Å². The van der Waals surface area contributed by atoms with Gasteiger partial charge in [-0.25, -0.2) is 0 Å². The molecule has 0 aromatic heterocycles. The maximum atomic E-state index is 4.49. The topological polar surface area (TPSA) is 18.8 Å². The smallest absolute Gasteiger partial charge is 0.118 e. The molecule has 0 saturated carbocycles. The van der Waals surface area contributed by atoms with E-state index in [0.29, 0.717) is 6.17 Å². The molecule has 0 bridgehead atoms. The normalized spacial score (nSPS) is 20.3. The van der Waals surface area contributed by atoms with Crippen molar-refractivity contribution >= 4 is 6.34 Å². The molecule has 0 spiro atoms. The van der Waals surface area contributed by atoms with E-state index in [2.05, 4.69) is 35.8 Å². The summed E-state index contributed by atoms with van der Waals surface area (Å²) in [7, 11) is 0. The zero-order chi connectivity index (χ0) is 11.1. The van der Waals surface area contributed by atoms with Crippen LogP contribution in [0, 0.1) is 0 Å². The Morgan fingerprint density at radius 2 is 1.73 bits per heavy atom. The molecule has 1 atom stereocenters. The van der Waals surface area contributed by atoms with Gasteiger partial charge in [0, 0.05) is 13.1 Å². The minimum atomic E-state index is 0.517. The second-order valence-electron chi connectivity index (χ2n) is 4.23. The van der Waals surface area contributed by atoms with Gasteiger partial charge in [0.2, 0.25) is 0 Å². The molecular formula is C12H25N3. The fraction of sp³-hybridized carbons (Fsp3) is 0.917. The van der Waals surface area contributed by atoms with Crippen molar-refractivity contribution in [3.05, 3.63) is 0 Å². The Kier molecular flexibility index (Phi) is 5.51. The molecule has 0 aromatic rings. The van der Waals surface area contributed by atoms with Gasteiger partial charge >= 0.3 is 0 Å². The molecule has 0 aromatic carbocycles. The summed E-state index contributed by atoms with van der Waals surface area (Å²) in [6.45, 7) is 8.98. The fourth-order valence-corrected chi connectivity index (χ4v) is 1.98.